The number of rotatable bonds is 4. The predicted molar refractivity (Wildman–Crippen MR) is 84.2 cm³/mol. The Labute approximate surface area is 131 Å². The molecule has 3 rings (SSSR count). The van der Waals surface area contributed by atoms with Gasteiger partial charge in [0.05, 0.1) is 12.2 Å². The Morgan fingerprint density at radius 2 is 2.09 bits per heavy atom. The van der Waals surface area contributed by atoms with Crippen molar-refractivity contribution in [3.8, 4) is 0 Å². The van der Waals surface area contributed by atoms with Gasteiger partial charge in [0.15, 0.2) is 0 Å². The molecule has 0 radical (unpaired) electrons. The van der Waals surface area contributed by atoms with E-state index in [9.17, 15) is 9.90 Å². The molecule has 2 bridgehead atoms. The van der Waals surface area contributed by atoms with Crippen molar-refractivity contribution in [1.82, 2.24) is 15.2 Å². The van der Waals surface area contributed by atoms with Gasteiger partial charge < -0.3 is 10.4 Å². The third-order valence-electron chi connectivity index (χ3n) is 4.84. The molecule has 22 heavy (non-hydrogen) atoms. The van der Waals surface area contributed by atoms with Gasteiger partial charge >= 0.3 is 0 Å². The molecule has 0 aromatic carbocycles. The first kappa shape index (κ1) is 15.4. The van der Waals surface area contributed by atoms with Crippen LogP contribution in [0, 0.1) is 0 Å². The molecule has 120 valence electrons. The second kappa shape index (κ2) is 5.97. The van der Waals surface area contributed by atoms with Crippen LogP contribution >= 0.6 is 0 Å². The average Bonchev–Trinajstić information content (AvgIpc) is 2.71. The Kier molecular flexibility index (Phi) is 4.19. The van der Waals surface area contributed by atoms with Crippen molar-refractivity contribution in [2.75, 3.05) is 6.54 Å². The van der Waals surface area contributed by atoms with Crippen LogP contribution in [-0.2, 0) is 10.4 Å². The standard InChI is InChI=1S/C17H25N3O2/c1-12(2)19-16(21)11-20-13-6-7-14(20)10-17(22,9-13)15-5-3-4-8-18-15/h3-5,8,12-14,22H,6-7,9-11H2,1-2H3,(H,19,21)/t13-,14-/m0/s1. The molecule has 2 aliphatic rings. The van der Waals surface area contributed by atoms with E-state index in [1.807, 2.05) is 32.0 Å². The lowest BCUT2D eigenvalue weighted by atomic mass is 9.83. The van der Waals surface area contributed by atoms with Crippen molar-refractivity contribution in [3.05, 3.63) is 30.1 Å². The first-order valence-corrected chi connectivity index (χ1v) is 8.17. The second-order valence-electron chi connectivity index (χ2n) is 6.93. The van der Waals surface area contributed by atoms with E-state index in [4.69, 9.17) is 0 Å². The molecule has 0 spiro atoms. The summed E-state index contributed by atoms with van der Waals surface area (Å²) in [6, 6.07) is 6.39. The van der Waals surface area contributed by atoms with E-state index in [1.165, 1.54) is 0 Å². The van der Waals surface area contributed by atoms with E-state index in [-0.39, 0.29) is 24.0 Å². The number of pyridine rings is 1. The first-order valence-electron chi connectivity index (χ1n) is 8.17. The molecule has 1 amide bonds. The van der Waals surface area contributed by atoms with Gasteiger partial charge in [-0.1, -0.05) is 6.07 Å². The van der Waals surface area contributed by atoms with Crippen LogP contribution < -0.4 is 5.32 Å². The zero-order chi connectivity index (χ0) is 15.7. The lowest BCUT2D eigenvalue weighted by Gasteiger charge is -2.43. The van der Waals surface area contributed by atoms with E-state index in [1.54, 1.807) is 6.20 Å². The number of piperidine rings is 1. The Morgan fingerprint density at radius 3 is 2.64 bits per heavy atom. The number of carbonyl (C=O) groups excluding carboxylic acids is 1. The Balaban J connectivity index is 1.70. The largest absolute Gasteiger partial charge is 0.383 e. The van der Waals surface area contributed by atoms with Crippen LogP contribution in [0.3, 0.4) is 0 Å². The fourth-order valence-electron chi connectivity index (χ4n) is 3.95. The molecule has 2 aliphatic heterocycles. The van der Waals surface area contributed by atoms with Crippen molar-refractivity contribution in [3.63, 3.8) is 0 Å². The number of hydrogen-bond acceptors (Lipinski definition) is 4. The maximum absolute atomic E-state index is 12.0. The number of nitrogens with zero attached hydrogens (tertiary/aromatic N) is 2. The van der Waals surface area contributed by atoms with Crippen molar-refractivity contribution in [2.45, 2.75) is 63.3 Å². The quantitative estimate of drug-likeness (QED) is 0.883. The molecular weight excluding hydrogens is 278 g/mol. The molecule has 0 aliphatic carbocycles. The van der Waals surface area contributed by atoms with E-state index in [0.717, 1.165) is 18.5 Å². The van der Waals surface area contributed by atoms with E-state index in [0.29, 0.717) is 19.4 Å². The van der Waals surface area contributed by atoms with Crippen LogP contribution in [0.5, 0.6) is 0 Å². The smallest absolute Gasteiger partial charge is 0.234 e. The second-order valence-corrected chi connectivity index (χ2v) is 6.93. The topological polar surface area (TPSA) is 65.5 Å². The maximum Gasteiger partial charge on any atom is 0.234 e. The molecule has 2 fully saturated rings. The van der Waals surface area contributed by atoms with Gasteiger partial charge in [-0.15, -0.1) is 0 Å². The summed E-state index contributed by atoms with van der Waals surface area (Å²) >= 11 is 0. The van der Waals surface area contributed by atoms with Crippen LogP contribution in [0.4, 0.5) is 0 Å². The molecule has 0 saturated carbocycles. The van der Waals surface area contributed by atoms with Gasteiger partial charge in [0.2, 0.25) is 5.91 Å². The third-order valence-corrected chi connectivity index (χ3v) is 4.84. The summed E-state index contributed by atoms with van der Waals surface area (Å²) in [6.45, 7) is 4.39. The highest BCUT2D eigenvalue weighted by Crippen LogP contribution is 2.44. The third kappa shape index (κ3) is 3.01. The molecule has 2 saturated heterocycles. The fourth-order valence-corrected chi connectivity index (χ4v) is 3.95. The molecule has 1 aromatic rings. The molecule has 2 atom stereocenters. The minimum atomic E-state index is -0.849. The lowest BCUT2D eigenvalue weighted by molar-refractivity contribution is -0.126. The highest BCUT2D eigenvalue weighted by molar-refractivity contribution is 5.78. The van der Waals surface area contributed by atoms with Crippen molar-refractivity contribution >= 4 is 5.91 Å². The summed E-state index contributed by atoms with van der Waals surface area (Å²) in [7, 11) is 0. The minimum Gasteiger partial charge on any atom is -0.383 e. The minimum absolute atomic E-state index is 0.0789. The highest BCUT2D eigenvalue weighted by Gasteiger charge is 2.49. The number of hydrogen-bond donors (Lipinski definition) is 2. The van der Waals surface area contributed by atoms with Crippen molar-refractivity contribution < 1.29 is 9.90 Å². The molecular formula is C17H25N3O2. The number of amides is 1. The van der Waals surface area contributed by atoms with Crippen LogP contribution in [0.2, 0.25) is 0 Å². The van der Waals surface area contributed by atoms with E-state index < -0.39 is 5.60 Å². The number of aliphatic hydroxyl groups is 1. The molecule has 5 nitrogen and oxygen atoms in total. The van der Waals surface area contributed by atoms with Crippen LogP contribution in [0.15, 0.2) is 24.4 Å². The SMILES string of the molecule is CC(C)NC(=O)CN1[C@H]2CC[C@H]1CC(O)(c1ccccn1)C2. The van der Waals surface area contributed by atoms with Crippen LogP contribution in [0.25, 0.3) is 0 Å². The summed E-state index contributed by atoms with van der Waals surface area (Å²) < 4.78 is 0. The van der Waals surface area contributed by atoms with Gasteiger partial charge in [-0.25, -0.2) is 0 Å². The zero-order valence-corrected chi connectivity index (χ0v) is 13.3. The summed E-state index contributed by atoms with van der Waals surface area (Å²) in [5.74, 6) is 0.0789. The van der Waals surface area contributed by atoms with Crippen LogP contribution in [0.1, 0.15) is 45.2 Å². The van der Waals surface area contributed by atoms with Gasteiger partial charge in [0, 0.05) is 24.3 Å². The van der Waals surface area contributed by atoms with Gasteiger partial charge in [-0.05, 0) is 51.7 Å². The Morgan fingerprint density at radius 1 is 1.41 bits per heavy atom. The fraction of sp³-hybridized carbons (Fsp3) is 0.647. The number of fused-ring (bicyclic) bond motifs is 2. The maximum atomic E-state index is 12.0. The van der Waals surface area contributed by atoms with Crippen molar-refractivity contribution in [2.24, 2.45) is 0 Å². The summed E-state index contributed by atoms with van der Waals surface area (Å²) in [4.78, 5) is 18.7. The molecule has 1 aromatic heterocycles. The molecule has 3 heterocycles. The van der Waals surface area contributed by atoms with E-state index >= 15 is 0 Å². The molecule has 0 unspecified atom stereocenters. The normalized spacial score (nSPS) is 31.5. The lowest BCUT2D eigenvalue weighted by Crippen LogP contribution is -2.53. The van der Waals surface area contributed by atoms with E-state index in [2.05, 4.69) is 15.2 Å². The predicted octanol–water partition coefficient (Wildman–Crippen LogP) is 1.42. The van der Waals surface area contributed by atoms with Gasteiger partial charge in [-0.3, -0.25) is 14.7 Å². The first-order chi connectivity index (χ1) is 10.5. The monoisotopic (exact) mass is 303 g/mol. The number of carbonyl (C=O) groups is 1. The summed E-state index contributed by atoms with van der Waals surface area (Å²) in [5.41, 5.74) is -0.0869. The van der Waals surface area contributed by atoms with Gasteiger partial charge in [0.1, 0.15) is 5.60 Å². The number of nitrogens with one attached hydrogen (secondary N) is 1. The number of aromatic nitrogens is 1. The molecule has 5 heteroatoms. The summed E-state index contributed by atoms with van der Waals surface area (Å²) in [6.07, 6.45) is 5.16. The average molecular weight is 303 g/mol. The summed E-state index contributed by atoms with van der Waals surface area (Å²) in [5, 5.41) is 14.0. The van der Waals surface area contributed by atoms with Crippen molar-refractivity contribution in [1.29, 1.82) is 0 Å². The highest BCUT2D eigenvalue weighted by atomic mass is 16.3. The molecule has 2 N–H and O–H groups in total. The van der Waals surface area contributed by atoms with Crippen LogP contribution in [-0.4, -0.2) is 45.6 Å². The van der Waals surface area contributed by atoms with Gasteiger partial charge in [-0.2, -0.15) is 0 Å². The Hall–Kier alpha value is -1.46. The van der Waals surface area contributed by atoms with Gasteiger partial charge in [0.25, 0.3) is 0 Å². The zero-order valence-electron chi connectivity index (χ0n) is 13.3. The Bertz CT molecular complexity index is 518.